The minimum absolute atomic E-state index is 0.163. The van der Waals surface area contributed by atoms with Gasteiger partial charge < -0.3 is 24.3 Å². The predicted molar refractivity (Wildman–Crippen MR) is 108 cm³/mol. The number of nitrogens with zero attached hydrogens (tertiary/aromatic N) is 2. The van der Waals surface area contributed by atoms with Crippen molar-refractivity contribution in [3.8, 4) is 29.1 Å². The molecule has 0 aliphatic carbocycles. The van der Waals surface area contributed by atoms with Gasteiger partial charge in [0, 0.05) is 5.39 Å². The zero-order valence-corrected chi connectivity index (χ0v) is 16.7. The fourth-order valence-electron chi connectivity index (χ4n) is 2.96. The van der Waals surface area contributed by atoms with Crippen LogP contribution in [0.1, 0.15) is 5.69 Å². The number of nitrogens with one attached hydrogen (secondary N) is 1. The van der Waals surface area contributed by atoms with Crippen molar-refractivity contribution in [1.82, 2.24) is 4.98 Å². The van der Waals surface area contributed by atoms with Crippen LogP contribution in [0.4, 0.5) is 11.4 Å². The zero-order chi connectivity index (χ0) is 19.0. The van der Waals surface area contributed by atoms with E-state index in [-0.39, 0.29) is 12.5 Å². The van der Waals surface area contributed by atoms with Gasteiger partial charge in [-0.2, -0.15) is 5.26 Å². The van der Waals surface area contributed by atoms with Crippen molar-refractivity contribution >= 4 is 44.9 Å². The largest absolute Gasteiger partial charge is 0.493 e. The number of pyridine rings is 1. The lowest BCUT2D eigenvalue weighted by Crippen LogP contribution is -2.00. The molecule has 0 fully saturated rings. The number of ether oxygens (including phenoxy) is 4. The first-order valence-corrected chi connectivity index (χ1v) is 9.05. The number of fused-ring (bicyclic) bond motifs is 2. The van der Waals surface area contributed by atoms with Crippen LogP contribution in [0.5, 0.6) is 23.0 Å². The Bertz CT molecular complexity index is 1090. The van der Waals surface area contributed by atoms with Crippen molar-refractivity contribution in [2.24, 2.45) is 0 Å². The van der Waals surface area contributed by atoms with E-state index < -0.39 is 0 Å². The first-order valence-electron chi connectivity index (χ1n) is 7.97. The van der Waals surface area contributed by atoms with Gasteiger partial charge in [0.15, 0.2) is 28.7 Å². The number of nitriles is 1. The maximum absolute atomic E-state index is 9.56. The molecule has 0 unspecified atom stereocenters. The number of hydrogen-bond acceptors (Lipinski definition) is 7. The third kappa shape index (κ3) is 2.94. The number of methoxy groups -OCH3 is 2. The second kappa shape index (κ2) is 7.00. The summed E-state index contributed by atoms with van der Waals surface area (Å²) < 4.78 is 22.9. The molecule has 7 nitrogen and oxygen atoms in total. The Balaban J connectivity index is 1.87. The molecule has 0 radical (unpaired) electrons. The standard InChI is InChI=1S/C19H14IN3O4/c1-24-16-6-5-12-10(17(16)25-2)7-14(15(8-21)22-12)23-13-4-3-11(20)18-19(13)27-9-26-18/h3-7,23H,9H2,1-2H3. The molecule has 0 spiro atoms. The van der Waals surface area contributed by atoms with Gasteiger partial charge in [-0.25, -0.2) is 4.98 Å². The normalized spacial score (nSPS) is 11.9. The second-order valence-electron chi connectivity index (χ2n) is 5.65. The van der Waals surface area contributed by atoms with E-state index >= 15 is 0 Å². The predicted octanol–water partition coefficient (Wildman–Crippen LogP) is 4.20. The van der Waals surface area contributed by atoms with Crippen LogP contribution in [0.3, 0.4) is 0 Å². The Hall–Kier alpha value is -2.93. The monoisotopic (exact) mass is 475 g/mol. The van der Waals surface area contributed by atoms with Crippen molar-refractivity contribution in [2.45, 2.75) is 0 Å². The third-order valence-corrected chi connectivity index (χ3v) is 5.03. The van der Waals surface area contributed by atoms with E-state index in [1.54, 1.807) is 26.4 Å². The van der Waals surface area contributed by atoms with E-state index in [2.05, 4.69) is 39.0 Å². The lowest BCUT2D eigenvalue weighted by Gasteiger charge is -2.14. The van der Waals surface area contributed by atoms with Crippen molar-refractivity contribution in [3.63, 3.8) is 0 Å². The molecule has 136 valence electrons. The first kappa shape index (κ1) is 17.5. The minimum Gasteiger partial charge on any atom is -0.493 e. The summed E-state index contributed by atoms with van der Waals surface area (Å²) in [6.45, 7) is 0.163. The third-order valence-electron chi connectivity index (χ3n) is 4.18. The first-order chi connectivity index (χ1) is 13.2. The second-order valence-corrected chi connectivity index (χ2v) is 6.81. The molecule has 3 aromatic rings. The Kier molecular flexibility index (Phi) is 4.53. The highest BCUT2D eigenvalue weighted by Gasteiger charge is 2.22. The number of benzene rings is 2. The van der Waals surface area contributed by atoms with Gasteiger partial charge in [-0.1, -0.05) is 0 Å². The van der Waals surface area contributed by atoms with E-state index in [4.69, 9.17) is 18.9 Å². The molecule has 4 rings (SSSR count). The fourth-order valence-corrected chi connectivity index (χ4v) is 3.54. The number of rotatable bonds is 4. The molecule has 1 aromatic heterocycles. The Morgan fingerprint density at radius 2 is 1.93 bits per heavy atom. The average molecular weight is 475 g/mol. The number of hydrogen-bond donors (Lipinski definition) is 1. The van der Waals surface area contributed by atoms with E-state index in [1.807, 2.05) is 18.2 Å². The highest BCUT2D eigenvalue weighted by atomic mass is 127. The van der Waals surface area contributed by atoms with Crippen LogP contribution < -0.4 is 24.3 Å². The van der Waals surface area contributed by atoms with Gasteiger partial charge in [-0.15, -0.1) is 0 Å². The van der Waals surface area contributed by atoms with Gasteiger partial charge in [-0.3, -0.25) is 0 Å². The minimum atomic E-state index is 0.163. The summed E-state index contributed by atoms with van der Waals surface area (Å²) in [5, 5.41) is 13.5. The summed E-state index contributed by atoms with van der Waals surface area (Å²) in [5.74, 6) is 2.45. The molecule has 2 heterocycles. The lowest BCUT2D eigenvalue weighted by atomic mass is 10.1. The van der Waals surface area contributed by atoms with Crippen LogP contribution in [0.25, 0.3) is 10.9 Å². The van der Waals surface area contributed by atoms with Crippen LogP contribution in [-0.2, 0) is 0 Å². The average Bonchev–Trinajstić information content (AvgIpc) is 3.19. The van der Waals surface area contributed by atoms with E-state index in [0.717, 1.165) is 8.96 Å². The molecule has 1 aliphatic rings. The quantitative estimate of drug-likeness (QED) is 0.567. The summed E-state index contributed by atoms with van der Waals surface area (Å²) in [6, 6.07) is 11.3. The summed E-state index contributed by atoms with van der Waals surface area (Å²) in [5.41, 5.74) is 2.14. The van der Waals surface area contributed by atoms with Crippen LogP contribution in [0.2, 0.25) is 0 Å². The molecule has 0 saturated carbocycles. The molecule has 2 aromatic carbocycles. The maximum atomic E-state index is 9.56. The molecular formula is C19H14IN3O4. The highest BCUT2D eigenvalue weighted by Crippen LogP contribution is 2.44. The van der Waals surface area contributed by atoms with Crippen molar-refractivity contribution in [2.75, 3.05) is 26.3 Å². The number of anilines is 2. The molecule has 8 heteroatoms. The number of halogens is 1. The molecular weight excluding hydrogens is 461 g/mol. The molecule has 1 N–H and O–H groups in total. The van der Waals surface area contributed by atoms with Gasteiger partial charge in [0.25, 0.3) is 0 Å². The fraction of sp³-hybridized carbons (Fsp3) is 0.158. The molecule has 0 bridgehead atoms. The van der Waals surface area contributed by atoms with E-state index in [9.17, 15) is 5.26 Å². The Labute approximate surface area is 169 Å². The van der Waals surface area contributed by atoms with Crippen LogP contribution in [-0.4, -0.2) is 26.0 Å². The van der Waals surface area contributed by atoms with Crippen molar-refractivity contribution < 1.29 is 18.9 Å². The van der Waals surface area contributed by atoms with E-state index in [1.165, 1.54) is 0 Å². The Morgan fingerprint density at radius 3 is 2.67 bits per heavy atom. The molecule has 0 atom stereocenters. The van der Waals surface area contributed by atoms with Crippen LogP contribution in [0.15, 0.2) is 30.3 Å². The SMILES string of the molecule is COc1ccc2nc(C#N)c(Nc3ccc(I)c4c3OCO4)cc2c1OC. The van der Waals surface area contributed by atoms with Gasteiger partial charge in [0.2, 0.25) is 6.79 Å². The molecule has 1 aliphatic heterocycles. The molecule has 0 amide bonds. The smallest absolute Gasteiger partial charge is 0.231 e. The van der Waals surface area contributed by atoms with Crippen molar-refractivity contribution in [1.29, 1.82) is 5.26 Å². The van der Waals surface area contributed by atoms with Gasteiger partial charge in [0.1, 0.15) is 6.07 Å². The lowest BCUT2D eigenvalue weighted by molar-refractivity contribution is 0.174. The van der Waals surface area contributed by atoms with E-state index in [0.29, 0.717) is 39.9 Å². The zero-order valence-electron chi connectivity index (χ0n) is 14.5. The van der Waals surface area contributed by atoms with Crippen LogP contribution >= 0.6 is 22.6 Å². The topological polar surface area (TPSA) is 85.6 Å². The maximum Gasteiger partial charge on any atom is 0.231 e. The molecule has 27 heavy (non-hydrogen) atoms. The summed E-state index contributed by atoms with van der Waals surface area (Å²) in [7, 11) is 3.14. The van der Waals surface area contributed by atoms with Gasteiger partial charge >= 0.3 is 0 Å². The van der Waals surface area contributed by atoms with Gasteiger partial charge in [0.05, 0.1) is 34.7 Å². The number of aromatic nitrogens is 1. The Morgan fingerprint density at radius 1 is 1.11 bits per heavy atom. The van der Waals surface area contributed by atoms with Crippen LogP contribution in [0, 0.1) is 14.9 Å². The molecule has 0 saturated heterocycles. The summed E-state index contributed by atoms with van der Waals surface area (Å²) in [4.78, 5) is 4.45. The van der Waals surface area contributed by atoms with Gasteiger partial charge in [-0.05, 0) is 52.9 Å². The van der Waals surface area contributed by atoms with Crippen molar-refractivity contribution in [3.05, 3.63) is 39.6 Å². The summed E-state index contributed by atoms with van der Waals surface area (Å²) >= 11 is 2.19. The highest BCUT2D eigenvalue weighted by molar-refractivity contribution is 14.1. The summed E-state index contributed by atoms with van der Waals surface area (Å²) in [6.07, 6.45) is 0.